The van der Waals surface area contributed by atoms with Crippen molar-refractivity contribution in [1.82, 2.24) is 4.90 Å². The monoisotopic (exact) mass is 399 g/mol. The van der Waals surface area contributed by atoms with Crippen molar-refractivity contribution in [3.05, 3.63) is 64.7 Å². The molecule has 0 atom stereocenters. The molecule has 0 amide bonds. The molecule has 0 spiro atoms. The molecule has 0 bridgehead atoms. The van der Waals surface area contributed by atoms with Crippen LogP contribution in [-0.4, -0.2) is 40.5 Å². The molecule has 1 aliphatic heterocycles. The predicted octanol–water partition coefficient (Wildman–Crippen LogP) is 3.11. The van der Waals surface area contributed by atoms with E-state index in [2.05, 4.69) is 61.5 Å². The van der Waals surface area contributed by atoms with E-state index in [1.807, 2.05) is 6.07 Å². The molecular formula is C18H19Cl2NSe. The molecule has 116 valence electrons. The number of hydrogen-bond donors (Lipinski definition) is 0. The van der Waals surface area contributed by atoms with Crippen LogP contribution in [0.1, 0.15) is 17.5 Å². The normalized spacial score (nSPS) is 14.5. The maximum atomic E-state index is 6.23. The van der Waals surface area contributed by atoms with E-state index in [9.17, 15) is 0 Å². The average Bonchev–Trinajstić information content (AvgIpc) is 2.46. The molecule has 0 aliphatic carbocycles. The van der Waals surface area contributed by atoms with Gasteiger partial charge >= 0.3 is 138 Å². The van der Waals surface area contributed by atoms with Crippen LogP contribution in [0, 0.1) is 0 Å². The van der Waals surface area contributed by atoms with Crippen LogP contribution in [-0.2, 0) is 0 Å². The first-order valence-electron chi connectivity index (χ1n) is 7.07. The zero-order chi connectivity index (χ0) is 14.8. The van der Waals surface area contributed by atoms with E-state index >= 15 is 0 Å². The second kappa shape index (κ2) is 7.68. The Kier molecular flexibility index (Phi) is 6.14. The van der Waals surface area contributed by atoms with Gasteiger partial charge in [0.2, 0.25) is 0 Å². The molecule has 1 nitrogen and oxygen atoms in total. The predicted molar refractivity (Wildman–Crippen MR) is 100 cm³/mol. The first kappa shape index (κ1) is 17.6. The molecular weight excluding hydrogens is 380 g/mol. The van der Waals surface area contributed by atoms with E-state index in [0.29, 0.717) is 15.0 Å². The summed E-state index contributed by atoms with van der Waals surface area (Å²) in [5, 5.41) is 0.822. The first-order chi connectivity index (χ1) is 10.1. The fourth-order valence-corrected chi connectivity index (χ4v) is 4.98. The molecule has 0 unspecified atom stereocenters. The molecule has 0 N–H and O–H groups in total. The topological polar surface area (TPSA) is 3.24 Å². The number of halogens is 2. The van der Waals surface area contributed by atoms with Crippen LogP contribution in [0.2, 0.25) is 5.02 Å². The van der Waals surface area contributed by atoms with Crippen LogP contribution in [0.4, 0.5) is 0 Å². The number of nitrogens with zero attached hydrogens (tertiary/aromatic N) is 1. The average molecular weight is 399 g/mol. The summed E-state index contributed by atoms with van der Waals surface area (Å²) in [6.07, 6.45) is 3.42. The zero-order valence-electron chi connectivity index (χ0n) is 12.7. The van der Waals surface area contributed by atoms with E-state index in [-0.39, 0.29) is 12.4 Å². The summed E-state index contributed by atoms with van der Waals surface area (Å²) in [5.74, 6) is 0. The number of hydrogen-bond acceptors (Lipinski definition) is 1. The molecule has 22 heavy (non-hydrogen) atoms. The molecule has 0 aromatic heterocycles. The van der Waals surface area contributed by atoms with Gasteiger partial charge < -0.3 is 0 Å². The Balaban J connectivity index is 0.00000176. The van der Waals surface area contributed by atoms with Gasteiger partial charge in [-0.3, -0.25) is 0 Å². The quantitative estimate of drug-likeness (QED) is 0.612. The van der Waals surface area contributed by atoms with Gasteiger partial charge in [0.15, 0.2) is 0 Å². The van der Waals surface area contributed by atoms with Crippen LogP contribution < -0.4 is 8.92 Å². The van der Waals surface area contributed by atoms with Crippen LogP contribution in [0.15, 0.2) is 48.5 Å². The van der Waals surface area contributed by atoms with E-state index in [4.69, 9.17) is 11.6 Å². The van der Waals surface area contributed by atoms with Crippen molar-refractivity contribution in [3.8, 4) is 0 Å². The molecule has 3 rings (SSSR count). The van der Waals surface area contributed by atoms with Crippen molar-refractivity contribution in [1.29, 1.82) is 0 Å². The van der Waals surface area contributed by atoms with Crippen LogP contribution in [0.3, 0.4) is 0 Å². The Morgan fingerprint density at radius 3 is 2.55 bits per heavy atom. The van der Waals surface area contributed by atoms with Gasteiger partial charge in [-0.05, 0) is 0 Å². The molecule has 1 aliphatic rings. The molecule has 0 saturated carbocycles. The fraction of sp³-hybridized carbons (Fsp3) is 0.222. The van der Waals surface area contributed by atoms with E-state index in [1.54, 1.807) is 0 Å². The minimum absolute atomic E-state index is 0. The summed E-state index contributed by atoms with van der Waals surface area (Å²) >= 11 is 6.60. The van der Waals surface area contributed by atoms with Gasteiger partial charge in [0, 0.05) is 0 Å². The number of benzene rings is 2. The van der Waals surface area contributed by atoms with E-state index in [0.717, 1.165) is 18.0 Å². The smallest absolute Gasteiger partial charge is 0.147 e. The van der Waals surface area contributed by atoms with Crippen molar-refractivity contribution in [2.24, 2.45) is 0 Å². The molecule has 0 radical (unpaired) electrons. The summed E-state index contributed by atoms with van der Waals surface area (Å²) in [4.78, 5) is 2.22. The number of fused-ring (bicyclic) bond motifs is 2. The Morgan fingerprint density at radius 1 is 1.05 bits per heavy atom. The summed E-state index contributed by atoms with van der Waals surface area (Å²) in [7, 11) is 4.22. The Labute approximate surface area is 149 Å². The van der Waals surface area contributed by atoms with Crippen LogP contribution >= 0.6 is 24.0 Å². The summed E-state index contributed by atoms with van der Waals surface area (Å²) < 4.78 is 2.90. The second-order valence-corrected chi connectivity index (χ2v) is 8.16. The molecule has 4 heteroatoms. The largest absolute Gasteiger partial charge is 0.147 e. The van der Waals surface area contributed by atoms with Gasteiger partial charge in [0.1, 0.15) is 0 Å². The SMILES string of the molecule is CN(C)CC/C=C1/c2ccccc2[Se]c2ccc(Cl)cc21.Cl. The minimum Gasteiger partial charge on any atom is -0.147 e. The van der Waals surface area contributed by atoms with Gasteiger partial charge in [0.25, 0.3) is 0 Å². The minimum atomic E-state index is 0. The van der Waals surface area contributed by atoms with Crippen molar-refractivity contribution >= 4 is 53.5 Å². The Morgan fingerprint density at radius 2 is 1.77 bits per heavy atom. The first-order valence-corrected chi connectivity index (χ1v) is 9.16. The fourth-order valence-electron chi connectivity index (χ4n) is 2.53. The van der Waals surface area contributed by atoms with Crippen molar-refractivity contribution < 1.29 is 0 Å². The Bertz CT molecular complexity index is 695. The number of rotatable bonds is 3. The third-order valence-electron chi connectivity index (χ3n) is 3.55. The van der Waals surface area contributed by atoms with Crippen molar-refractivity contribution in [3.63, 3.8) is 0 Å². The van der Waals surface area contributed by atoms with Gasteiger partial charge in [-0.25, -0.2) is 0 Å². The zero-order valence-corrected chi connectivity index (χ0v) is 16.0. The molecule has 0 saturated heterocycles. The maximum Gasteiger partial charge on any atom is -0.147 e. The van der Waals surface area contributed by atoms with E-state index < -0.39 is 0 Å². The third kappa shape index (κ3) is 3.76. The third-order valence-corrected chi connectivity index (χ3v) is 6.21. The van der Waals surface area contributed by atoms with Gasteiger partial charge in [0.05, 0.1) is 0 Å². The van der Waals surface area contributed by atoms with Crippen molar-refractivity contribution in [2.75, 3.05) is 20.6 Å². The molecule has 2 aromatic rings. The standard InChI is InChI=1S/C18H18ClNSe.ClH/c1-20(2)11-5-7-14-15-6-3-4-8-17(15)21-18-10-9-13(19)12-16(14)18;/h3-4,6-10,12H,5,11H2,1-2H3;1H/b14-7-;. The molecule has 1 heterocycles. The van der Waals surface area contributed by atoms with Gasteiger partial charge in [-0.15, -0.1) is 12.4 Å². The molecule has 2 aromatic carbocycles. The van der Waals surface area contributed by atoms with Gasteiger partial charge in [-0.1, -0.05) is 0 Å². The van der Waals surface area contributed by atoms with Crippen molar-refractivity contribution in [2.45, 2.75) is 6.42 Å². The second-order valence-electron chi connectivity index (χ2n) is 5.45. The Hall–Kier alpha value is -0.761. The summed E-state index contributed by atoms with van der Waals surface area (Å²) in [5.41, 5.74) is 4.05. The van der Waals surface area contributed by atoms with Gasteiger partial charge in [-0.2, -0.15) is 0 Å². The maximum absolute atomic E-state index is 6.23. The van der Waals surface area contributed by atoms with Crippen LogP contribution in [0.5, 0.6) is 0 Å². The summed E-state index contributed by atoms with van der Waals surface area (Å²) in [6.45, 7) is 1.06. The summed E-state index contributed by atoms with van der Waals surface area (Å²) in [6, 6.07) is 15.1. The van der Waals surface area contributed by atoms with Crippen LogP contribution in [0.25, 0.3) is 5.57 Å². The molecule has 0 fully saturated rings. The van der Waals surface area contributed by atoms with E-state index in [1.165, 1.54) is 25.6 Å².